The third-order valence-corrected chi connectivity index (χ3v) is 6.65. The molecular weight excluding hydrogens is 438 g/mol. The van der Waals surface area contributed by atoms with Crippen molar-refractivity contribution in [3.8, 4) is 11.8 Å². The largest absolute Gasteiger partial charge is 0.322 e. The van der Waals surface area contributed by atoms with Gasteiger partial charge < -0.3 is 5.73 Å². The summed E-state index contributed by atoms with van der Waals surface area (Å²) in [5.41, 5.74) is 7.39. The van der Waals surface area contributed by atoms with Crippen LogP contribution >= 0.6 is 15.9 Å². The zero-order chi connectivity index (χ0) is 20.4. The highest BCUT2D eigenvalue weighted by molar-refractivity contribution is 9.10. The Morgan fingerprint density at radius 3 is 2.37 bits per heavy atom. The van der Waals surface area contributed by atoms with Gasteiger partial charge in [0, 0.05) is 16.8 Å². The molecule has 0 aliphatic carbocycles. The molecule has 1 heterocycles. The number of pyridine rings is 1. The second-order valence-electron chi connectivity index (χ2n) is 6.68. The molecule has 8 heteroatoms. The van der Waals surface area contributed by atoms with E-state index in [-0.39, 0.29) is 6.42 Å². The Morgan fingerprint density at radius 1 is 1.22 bits per heavy atom. The summed E-state index contributed by atoms with van der Waals surface area (Å²) in [7, 11) is -3.36. The quantitative estimate of drug-likeness (QED) is 0.713. The SMILES string of the molecule is CC(C)(C#Cc1ccc(Br)c(C(N)Cc2cc(F)cc(F)c2)n1)S(C)(=O)=O. The average molecular weight is 457 g/mol. The summed E-state index contributed by atoms with van der Waals surface area (Å²) in [5, 5.41) is 0. The van der Waals surface area contributed by atoms with E-state index in [1.54, 1.807) is 12.1 Å². The van der Waals surface area contributed by atoms with E-state index in [1.165, 1.54) is 26.0 Å². The molecule has 0 amide bonds. The normalized spacial score (nSPS) is 13.0. The van der Waals surface area contributed by atoms with E-state index in [2.05, 4.69) is 32.8 Å². The lowest BCUT2D eigenvalue weighted by atomic mass is 10.0. The Morgan fingerprint density at radius 2 is 1.81 bits per heavy atom. The molecule has 2 N–H and O–H groups in total. The number of rotatable bonds is 4. The number of nitrogens with two attached hydrogens (primary N) is 1. The monoisotopic (exact) mass is 456 g/mol. The van der Waals surface area contributed by atoms with Gasteiger partial charge in [-0.3, -0.25) is 0 Å². The van der Waals surface area contributed by atoms with E-state index in [0.29, 0.717) is 21.4 Å². The van der Waals surface area contributed by atoms with Crippen LogP contribution in [0.25, 0.3) is 0 Å². The van der Waals surface area contributed by atoms with Crippen LogP contribution in [-0.4, -0.2) is 24.4 Å². The summed E-state index contributed by atoms with van der Waals surface area (Å²) in [5.74, 6) is 4.12. The van der Waals surface area contributed by atoms with Gasteiger partial charge in [-0.25, -0.2) is 22.2 Å². The Hall–Kier alpha value is -1.82. The fraction of sp³-hybridized carbons (Fsp3) is 0.316. The lowest BCUT2D eigenvalue weighted by molar-refractivity contribution is 0.575. The number of nitrogens with zero attached hydrogens (tertiary/aromatic N) is 1. The molecular formula is C19H19BrF2N2O2S. The maximum absolute atomic E-state index is 13.4. The molecule has 144 valence electrons. The summed E-state index contributed by atoms with van der Waals surface area (Å²) >= 11 is 3.36. The number of sulfone groups is 1. The number of aromatic nitrogens is 1. The number of hydrogen-bond acceptors (Lipinski definition) is 4. The first-order chi connectivity index (χ1) is 12.4. The van der Waals surface area contributed by atoms with E-state index < -0.39 is 32.3 Å². The van der Waals surface area contributed by atoms with Crippen molar-refractivity contribution in [2.75, 3.05) is 6.26 Å². The number of halogens is 3. The van der Waals surface area contributed by atoms with Crippen molar-refractivity contribution in [1.82, 2.24) is 4.98 Å². The van der Waals surface area contributed by atoms with Crippen LogP contribution in [0.1, 0.15) is 36.8 Å². The summed E-state index contributed by atoms with van der Waals surface area (Å²) in [6.07, 6.45) is 1.29. The molecule has 4 nitrogen and oxygen atoms in total. The summed E-state index contributed by atoms with van der Waals surface area (Å²) in [4.78, 5) is 4.37. The molecule has 1 aromatic carbocycles. The summed E-state index contributed by atoms with van der Waals surface area (Å²) in [6.45, 7) is 3.03. The second-order valence-corrected chi connectivity index (χ2v) is 10.1. The van der Waals surface area contributed by atoms with Gasteiger partial charge in [0.1, 0.15) is 22.1 Å². The van der Waals surface area contributed by atoms with Gasteiger partial charge in [-0.2, -0.15) is 0 Å². The Labute approximate surface area is 166 Å². The second kappa shape index (κ2) is 8.05. The van der Waals surface area contributed by atoms with E-state index in [1.807, 2.05) is 0 Å². The average Bonchev–Trinajstić information content (AvgIpc) is 2.51. The minimum absolute atomic E-state index is 0.173. The highest BCUT2D eigenvalue weighted by atomic mass is 79.9. The summed E-state index contributed by atoms with van der Waals surface area (Å²) in [6, 6.07) is 5.93. The zero-order valence-corrected chi connectivity index (χ0v) is 17.5. The van der Waals surface area contributed by atoms with Crippen molar-refractivity contribution < 1.29 is 17.2 Å². The van der Waals surface area contributed by atoms with Gasteiger partial charge in [-0.05, 0) is 71.9 Å². The predicted octanol–water partition coefficient (Wildman–Crippen LogP) is 3.54. The van der Waals surface area contributed by atoms with E-state index in [0.717, 1.165) is 12.3 Å². The van der Waals surface area contributed by atoms with Crippen molar-refractivity contribution in [3.63, 3.8) is 0 Å². The Kier molecular flexibility index (Phi) is 6.40. The minimum Gasteiger partial charge on any atom is -0.322 e. The van der Waals surface area contributed by atoms with E-state index in [4.69, 9.17) is 5.73 Å². The van der Waals surface area contributed by atoms with E-state index in [9.17, 15) is 17.2 Å². The maximum Gasteiger partial charge on any atom is 0.163 e. The van der Waals surface area contributed by atoms with Crippen molar-refractivity contribution in [2.24, 2.45) is 5.73 Å². The molecule has 0 spiro atoms. The first-order valence-corrected chi connectivity index (χ1v) is 10.7. The standard InChI is InChI=1S/C19H19BrF2N2O2S/c1-19(2,27(3,25)26)7-6-15-4-5-16(20)18(24-15)17(23)10-12-8-13(21)11-14(22)9-12/h4-5,8-9,11,17H,10,23H2,1-3H3. The van der Waals surface area contributed by atoms with Gasteiger partial charge in [0.05, 0.1) is 11.7 Å². The maximum atomic E-state index is 13.4. The van der Waals surface area contributed by atoms with E-state index >= 15 is 0 Å². The highest BCUT2D eigenvalue weighted by Crippen LogP contribution is 2.24. The number of hydrogen-bond donors (Lipinski definition) is 1. The molecule has 0 bridgehead atoms. The topological polar surface area (TPSA) is 73.0 Å². The van der Waals surface area contributed by atoms with Gasteiger partial charge in [0.15, 0.2) is 9.84 Å². The molecule has 0 saturated heterocycles. The molecule has 1 aromatic heterocycles. The van der Waals surface area contributed by atoms with Crippen LogP contribution in [-0.2, 0) is 16.3 Å². The predicted molar refractivity (Wildman–Crippen MR) is 105 cm³/mol. The fourth-order valence-electron chi connectivity index (χ4n) is 2.17. The van der Waals surface area contributed by atoms with Crippen molar-refractivity contribution in [1.29, 1.82) is 0 Å². The van der Waals surface area contributed by atoms with Crippen LogP contribution in [0.2, 0.25) is 0 Å². The minimum atomic E-state index is -3.36. The van der Waals surface area contributed by atoms with Gasteiger partial charge in [0.2, 0.25) is 0 Å². The summed E-state index contributed by atoms with van der Waals surface area (Å²) < 4.78 is 49.6. The van der Waals surface area contributed by atoms with Gasteiger partial charge >= 0.3 is 0 Å². The van der Waals surface area contributed by atoms with Crippen molar-refractivity contribution in [2.45, 2.75) is 31.1 Å². The van der Waals surface area contributed by atoms with Crippen LogP contribution in [0, 0.1) is 23.5 Å². The van der Waals surface area contributed by atoms with Crippen molar-refractivity contribution in [3.05, 3.63) is 63.4 Å². The molecule has 2 rings (SSSR count). The molecule has 0 fully saturated rings. The van der Waals surface area contributed by atoms with Gasteiger partial charge in [0.25, 0.3) is 0 Å². The molecule has 2 aromatic rings. The Bertz CT molecular complexity index is 1010. The van der Waals surface area contributed by atoms with Crippen LogP contribution in [0.4, 0.5) is 8.78 Å². The number of benzene rings is 1. The molecule has 0 saturated carbocycles. The van der Waals surface area contributed by atoms with Crippen molar-refractivity contribution >= 4 is 25.8 Å². The first kappa shape index (κ1) is 21.5. The van der Waals surface area contributed by atoms with Gasteiger partial charge in [-0.1, -0.05) is 5.92 Å². The third kappa shape index (κ3) is 5.58. The third-order valence-electron chi connectivity index (χ3n) is 4.02. The first-order valence-electron chi connectivity index (χ1n) is 7.99. The molecule has 27 heavy (non-hydrogen) atoms. The van der Waals surface area contributed by atoms with Crippen LogP contribution in [0.15, 0.2) is 34.8 Å². The molecule has 1 unspecified atom stereocenters. The van der Waals surface area contributed by atoms with Crippen LogP contribution in [0.3, 0.4) is 0 Å². The van der Waals surface area contributed by atoms with Crippen LogP contribution in [0.5, 0.6) is 0 Å². The smallest absolute Gasteiger partial charge is 0.163 e. The zero-order valence-electron chi connectivity index (χ0n) is 15.1. The van der Waals surface area contributed by atoms with Gasteiger partial charge in [-0.15, -0.1) is 0 Å². The lowest BCUT2D eigenvalue weighted by Crippen LogP contribution is -2.28. The molecule has 0 aliphatic heterocycles. The highest BCUT2D eigenvalue weighted by Gasteiger charge is 2.27. The fourth-order valence-corrected chi connectivity index (χ4v) is 2.93. The molecule has 0 radical (unpaired) electrons. The van der Waals surface area contributed by atoms with Crippen LogP contribution < -0.4 is 5.73 Å². The Balaban J connectivity index is 2.32. The molecule has 0 aliphatic rings. The molecule has 1 atom stereocenters. The lowest BCUT2D eigenvalue weighted by Gasteiger charge is -2.15.